The van der Waals surface area contributed by atoms with E-state index in [0.29, 0.717) is 25.8 Å². The first-order valence-electron chi connectivity index (χ1n) is 7.11. The second-order valence-electron chi connectivity index (χ2n) is 5.11. The van der Waals surface area contributed by atoms with E-state index in [4.69, 9.17) is 17.2 Å². The maximum absolute atomic E-state index is 11.3. The van der Waals surface area contributed by atoms with E-state index >= 15 is 0 Å². The van der Waals surface area contributed by atoms with E-state index in [2.05, 4.69) is 11.6 Å². The van der Waals surface area contributed by atoms with Crippen LogP contribution in [0.25, 0.3) is 0 Å². The molecule has 0 saturated heterocycles. The van der Waals surface area contributed by atoms with Gasteiger partial charge in [0.15, 0.2) is 5.96 Å². The van der Waals surface area contributed by atoms with Crippen LogP contribution in [-0.2, 0) is 4.79 Å². The summed E-state index contributed by atoms with van der Waals surface area (Å²) in [6.07, 6.45) is 8.32. The number of carboxylic acids is 1. The highest BCUT2D eigenvalue weighted by Crippen LogP contribution is 2.19. The molecule has 0 saturated carbocycles. The lowest BCUT2D eigenvalue weighted by Crippen LogP contribution is -2.48. The lowest BCUT2D eigenvalue weighted by Gasteiger charge is -2.24. The Kier molecular flexibility index (Phi) is 9.45. The van der Waals surface area contributed by atoms with Crippen molar-refractivity contribution in [2.75, 3.05) is 6.54 Å². The molecule has 0 radical (unpaired) electrons. The average Bonchev–Trinajstić information content (AvgIpc) is 2.38. The van der Waals surface area contributed by atoms with Gasteiger partial charge >= 0.3 is 5.97 Å². The number of aliphatic imine (C=N–C) groups is 1. The predicted octanol–water partition coefficient (Wildman–Crippen LogP) is 1.35. The van der Waals surface area contributed by atoms with E-state index in [-0.39, 0.29) is 5.96 Å². The highest BCUT2D eigenvalue weighted by Gasteiger charge is 2.32. The summed E-state index contributed by atoms with van der Waals surface area (Å²) < 4.78 is 0. The molecule has 6 nitrogen and oxygen atoms in total. The fraction of sp³-hybridized carbons (Fsp3) is 0.714. The average molecular weight is 284 g/mol. The number of hydrogen-bond donors (Lipinski definition) is 4. The molecule has 7 N–H and O–H groups in total. The minimum Gasteiger partial charge on any atom is -0.480 e. The Labute approximate surface area is 121 Å². The molecule has 20 heavy (non-hydrogen) atoms. The van der Waals surface area contributed by atoms with E-state index < -0.39 is 11.5 Å². The molecule has 0 rings (SSSR count). The molecule has 116 valence electrons. The first-order valence-corrected chi connectivity index (χ1v) is 7.11. The zero-order valence-electron chi connectivity index (χ0n) is 12.2. The molecular weight excluding hydrogens is 256 g/mol. The van der Waals surface area contributed by atoms with Crippen LogP contribution in [0, 0.1) is 0 Å². The number of guanidine groups is 1. The molecule has 0 aromatic carbocycles. The van der Waals surface area contributed by atoms with Gasteiger partial charge in [0.2, 0.25) is 0 Å². The van der Waals surface area contributed by atoms with Crippen LogP contribution in [-0.4, -0.2) is 29.1 Å². The number of carboxylic acid groups (broad SMARTS) is 1. The Morgan fingerprint density at radius 1 is 1.15 bits per heavy atom. The smallest absolute Gasteiger partial charge is 0.323 e. The SMILES string of the molecule is C=CCCCCCCC(N)(CCCN=C(N)N)C(=O)O. The van der Waals surface area contributed by atoms with Gasteiger partial charge in [-0.05, 0) is 32.1 Å². The molecule has 1 atom stereocenters. The van der Waals surface area contributed by atoms with Gasteiger partial charge in [-0.1, -0.05) is 25.3 Å². The van der Waals surface area contributed by atoms with Crippen LogP contribution >= 0.6 is 0 Å². The van der Waals surface area contributed by atoms with Crippen molar-refractivity contribution in [3.63, 3.8) is 0 Å². The standard InChI is InChI=1S/C14H28N4O2/c1-2-3-4-5-6-7-9-14(17,12(19)20)10-8-11-18-13(15)16/h2H,1,3-11,17H2,(H,19,20)(H4,15,16,18). The van der Waals surface area contributed by atoms with Crippen molar-refractivity contribution < 1.29 is 9.90 Å². The van der Waals surface area contributed by atoms with Crippen LogP contribution in [0.5, 0.6) is 0 Å². The van der Waals surface area contributed by atoms with Crippen molar-refractivity contribution in [2.24, 2.45) is 22.2 Å². The van der Waals surface area contributed by atoms with Crippen LogP contribution in [0.3, 0.4) is 0 Å². The maximum Gasteiger partial charge on any atom is 0.323 e. The molecule has 6 heteroatoms. The maximum atomic E-state index is 11.3. The van der Waals surface area contributed by atoms with Crippen LogP contribution in [0.4, 0.5) is 0 Å². The summed E-state index contributed by atoms with van der Waals surface area (Å²) in [6.45, 7) is 4.08. The van der Waals surface area contributed by atoms with Gasteiger partial charge in [0.1, 0.15) is 5.54 Å². The number of nitrogens with zero attached hydrogens (tertiary/aromatic N) is 1. The van der Waals surface area contributed by atoms with Crippen LogP contribution in [0.2, 0.25) is 0 Å². The Bertz CT molecular complexity index is 327. The molecule has 0 amide bonds. The molecule has 0 aliphatic heterocycles. The summed E-state index contributed by atoms with van der Waals surface area (Å²) in [6, 6.07) is 0. The topological polar surface area (TPSA) is 128 Å². The van der Waals surface area contributed by atoms with Crippen molar-refractivity contribution in [1.29, 1.82) is 0 Å². The quantitative estimate of drug-likeness (QED) is 0.186. The zero-order valence-corrected chi connectivity index (χ0v) is 12.2. The van der Waals surface area contributed by atoms with E-state index in [1.54, 1.807) is 0 Å². The molecule has 0 fully saturated rings. The van der Waals surface area contributed by atoms with Crippen LogP contribution < -0.4 is 17.2 Å². The number of carbonyl (C=O) groups is 1. The van der Waals surface area contributed by atoms with Crippen molar-refractivity contribution in [3.05, 3.63) is 12.7 Å². The Hall–Kier alpha value is -1.56. The Morgan fingerprint density at radius 2 is 1.75 bits per heavy atom. The van der Waals surface area contributed by atoms with E-state index in [1.807, 2.05) is 6.08 Å². The normalized spacial score (nSPS) is 13.4. The molecule has 0 bridgehead atoms. The highest BCUT2D eigenvalue weighted by molar-refractivity contribution is 5.78. The van der Waals surface area contributed by atoms with Gasteiger partial charge < -0.3 is 22.3 Å². The van der Waals surface area contributed by atoms with Gasteiger partial charge in [-0.25, -0.2) is 0 Å². The fourth-order valence-electron chi connectivity index (χ4n) is 2.02. The summed E-state index contributed by atoms with van der Waals surface area (Å²) in [5.74, 6) is -0.932. The monoisotopic (exact) mass is 284 g/mol. The first-order chi connectivity index (χ1) is 9.42. The summed E-state index contributed by atoms with van der Waals surface area (Å²) in [5.41, 5.74) is 15.2. The van der Waals surface area contributed by atoms with Crippen molar-refractivity contribution in [1.82, 2.24) is 0 Å². The number of aliphatic carboxylic acids is 1. The summed E-state index contributed by atoms with van der Waals surface area (Å²) in [4.78, 5) is 15.1. The molecular formula is C14H28N4O2. The van der Waals surface area contributed by atoms with Gasteiger partial charge in [0.05, 0.1) is 0 Å². The Morgan fingerprint density at radius 3 is 2.30 bits per heavy atom. The minimum absolute atomic E-state index is 0.0187. The Balaban J connectivity index is 4.02. The lowest BCUT2D eigenvalue weighted by molar-refractivity contribution is -0.144. The van der Waals surface area contributed by atoms with Gasteiger partial charge in [0.25, 0.3) is 0 Å². The molecule has 0 aliphatic rings. The molecule has 1 unspecified atom stereocenters. The van der Waals surface area contributed by atoms with Gasteiger partial charge in [-0.3, -0.25) is 9.79 Å². The highest BCUT2D eigenvalue weighted by atomic mass is 16.4. The molecule has 0 spiro atoms. The van der Waals surface area contributed by atoms with Crippen molar-refractivity contribution in [3.8, 4) is 0 Å². The fourth-order valence-corrected chi connectivity index (χ4v) is 2.02. The van der Waals surface area contributed by atoms with E-state index in [0.717, 1.165) is 32.1 Å². The lowest BCUT2D eigenvalue weighted by atomic mass is 9.88. The molecule has 0 heterocycles. The first kappa shape index (κ1) is 18.4. The predicted molar refractivity (Wildman–Crippen MR) is 82.4 cm³/mol. The number of nitrogens with two attached hydrogens (primary N) is 3. The molecule has 0 aromatic heterocycles. The van der Waals surface area contributed by atoms with E-state index in [1.165, 1.54) is 0 Å². The zero-order chi connectivity index (χ0) is 15.4. The van der Waals surface area contributed by atoms with E-state index in [9.17, 15) is 9.90 Å². The summed E-state index contributed by atoms with van der Waals surface area (Å²) >= 11 is 0. The molecule has 0 aromatic rings. The van der Waals surface area contributed by atoms with Crippen molar-refractivity contribution in [2.45, 2.75) is 56.9 Å². The number of allylic oxidation sites excluding steroid dienone is 1. The van der Waals surface area contributed by atoms with Crippen molar-refractivity contribution >= 4 is 11.9 Å². The number of hydrogen-bond acceptors (Lipinski definition) is 3. The second kappa shape index (κ2) is 10.3. The summed E-state index contributed by atoms with van der Waals surface area (Å²) in [7, 11) is 0. The van der Waals surface area contributed by atoms with Gasteiger partial charge in [-0.15, -0.1) is 6.58 Å². The van der Waals surface area contributed by atoms with Crippen LogP contribution in [0.15, 0.2) is 17.6 Å². The largest absolute Gasteiger partial charge is 0.480 e. The summed E-state index contributed by atoms with van der Waals surface area (Å²) in [5, 5.41) is 9.26. The minimum atomic E-state index is -1.17. The van der Waals surface area contributed by atoms with Crippen LogP contribution in [0.1, 0.15) is 51.4 Å². The second-order valence-corrected chi connectivity index (χ2v) is 5.11. The molecule has 0 aliphatic carbocycles. The third-order valence-corrected chi connectivity index (χ3v) is 3.28. The van der Waals surface area contributed by atoms with Gasteiger partial charge in [-0.2, -0.15) is 0 Å². The third kappa shape index (κ3) is 8.53. The number of unbranched alkanes of at least 4 members (excludes halogenated alkanes) is 4. The number of rotatable bonds is 12. The third-order valence-electron chi connectivity index (χ3n) is 3.28. The van der Waals surface area contributed by atoms with Gasteiger partial charge in [0, 0.05) is 6.54 Å².